The summed E-state index contributed by atoms with van der Waals surface area (Å²) >= 11 is 5.80. The van der Waals surface area contributed by atoms with Crippen LogP contribution in [-0.2, 0) is 24.3 Å². The summed E-state index contributed by atoms with van der Waals surface area (Å²) in [6.45, 7) is 2.10. The van der Waals surface area contributed by atoms with Crippen molar-refractivity contribution in [1.82, 2.24) is 4.72 Å². The summed E-state index contributed by atoms with van der Waals surface area (Å²) in [7, 11) is -3.82. The number of amides is 1. The van der Waals surface area contributed by atoms with E-state index in [1.165, 1.54) is 25.1 Å². The highest BCUT2D eigenvalue weighted by Gasteiger charge is 2.20. The summed E-state index contributed by atoms with van der Waals surface area (Å²) in [4.78, 5) is 24.3. The molecule has 2 aromatic rings. The first kappa shape index (κ1) is 22.9. The normalized spacial score (nSPS) is 13.9. The lowest BCUT2D eigenvalue weighted by atomic mass is 10.2. The second kappa shape index (κ2) is 9.99. The van der Waals surface area contributed by atoms with Gasteiger partial charge in [0.1, 0.15) is 13.2 Å². The Hall–Kier alpha value is -2.82. The van der Waals surface area contributed by atoms with Gasteiger partial charge in [-0.05, 0) is 37.3 Å². The molecular weight excluding hydrogens is 448 g/mol. The molecule has 0 saturated carbocycles. The van der Waals surface area contributed by atoms with Gasteiger partial charge in [-0.2, -0.15) is 0 Å². The van der Waals surface area contributed by atoms with Gasteiger partial charge < -0.3 is 19.5 Å². The standard InChI is InChI=1S/C20H21ClN2O7S/c1-13(20(25)23-15-5-6-17-18(12-15)29-10-9-28-17)30-19(24)7-8-22-31(26,27)16-4-2-3-14(21)11-16/h2-6,11-13,22H,7-10H2,1H3,(H,23,25). The number of carbonyl (C=O) groups excluding carboxylic acids is 2. The lowest BCUT2D eigenvalue weighted by Gasteiger charge is -2.19. The Labute approximate surface area is 184 Å². The molecule has 3 rings (SSSR count). The summed E-state index contributed by atoms with van der Waals surface area (Å²) in [6, 6.07) is 10.7. The fourth-order valence-electron chi connectivity index (χ4n) is 2.68. The number of carbonyl (C=O) groups is 2. The number of fused-ring (bicyclic) bond motifs is 1. The molecule has 0 aromatic heterocycles. The van der Waals surface area contributed by atoms with Crippen LogP contribution in [-0.4, -0.2) is 46.2 Å². The highest BCUT2D eigenvalue weighted by Crippen LogP contribution is 2.32. The van der Waals surface area contributed by atoms with Crippen molar-refractivity contribution in [2.45, 2.75) is 24.3 Å². The van der Waals surface area contributed by atoms with Crippen LogP contribution in [0.25, 0.3) is 0 Å². The summed E-state index contributed by atoms with van der Waals surface area (Å²) in [5.41, 5.74) is 0.464. The minimum atomic E-state index is -3.82. The number of hydrogen-bond acceptors (Lipinski definition) is 7. The Kier molecular flexibility index (Phi) is 7.37. The predicted octanol–water partition coefficient (Wildman–Crippen LogP) is 2.35. The zero-order valence-corrected chi connectivity index (χ0v) is 18.2. The molecule has 1 atom stereocenters. The van der Waals surface area contributed by atoms with Crippen LogP contribution < -0.4 is 19.5 Å². The summed E-state index contributed by atoms with van der Waals surface area (Å²) < 4.78 is 42.6. The minimum Gasteiger partial charge on any atom is -0.486 e. The van der Waals surface area contributed by atoms with Gasteiger partial charge in [-0.3, -0.25) is 9.59 Å². The third-order valence-electron chi connectivity index (χ3n) is 4.21. The molecule has 1 unspecified atom stereocenters. The van der Waals surface area contributed by atoms with Crippen molar-refractivity contribution in [3.8, 4) is 11.5 Å². The van der Waals surface area contributed by atoms with Crippen molar-refractivity contribution in [3.63, 3.8) is 0 Å². The molecule has 0 fully saturated rings. The van der Waals surface area contributed by atoms with Crippen molar-refractivity contribution in [2.24, 2.45) is 0 Å². The zero-order valence-electron chi connectivity index (χ0n) is 16.6. The smallest absolute Gasteiger partial charge is 0.307 e. The van der Waals surface area contributed by atoms with Crippen molar-refractivity contribution in [2.75, 3.05) is 25.1 Å². The van der Waals surface area contributed by atoms with Crippen LogP contribution in [0.4, 0.5) is 5.69 Å². The predicted molar refractivity (Wildman–Crippen MR) is 113 cm³/mol. The van der Waals surface area contributed by atoms with E-state index in [1.54, 1.807) is 24.3 Å². The average molecular weight is 469 g/mol. The van der Waals surface area contributed by atoms with Gasteiger partial charge in [0.05, 0.1) is 11.3 Å². The van der Waals surface area contributed by atoms with Crippen LogP contribution >= 0.6 is 11.6 Å². The molecule has 2 N–H and O–H groups in total. The number of benzene rings is 2. The van der Waals surface area contributed by atoms with Gasteiger partial charge in [0, 0.05) is 23.3 Å². The van der Waals surface area contributed by atoms with Crippen LogP contribution in [0.3, 0.4) is 0 Å². The van der Waals surface area contributed by atoms with Crippen LogP contribution in [0.1, 0.15) is 13.3 Å². The minimum absolute atomic E-state index is 0.0134. The number of halogens is 1. The number of hydrogen-bond donors (Lipinski definition) is 2. The first-order chi connectivity index (χ1) is 14.7. The number of sulfonamides is 1. The van der Waals surface area contributed by atoms with Gasteiger partial charge in [0.2, 0.25) is 10.0 Å². The average Bonchev–Trinajstić information content (AvgIpc) is 2.73. The molecule has 1 heterocycles. The first-order valence-corrected chi connectivity index (χ1v) is 11.3. The summed E-state index contributed by atoms with van der Waals surface area (Å²) in [5.74, 6) is -0.159. The monoisotopic (exact) mass is 468 g/mol. The molecule has 31 heavy (non-hydrogen) atoms. The van der Waals surface area contributed by atoms with Gasteiger partial charge in [-0.25, -0.2) is 13.1 Å². The third kappa shape index (κ3) is 6.33. The number of ether oxygens (including phenoxy) is 3. The number of nitrogens with one attached hydrogen (secondary N) is 2. The van der Waals surface area contributed by atoms with Crippen LogP contribution in [0.2, 0.25) is 5.02 Å². The van der Waals surface area contributed by atoms with Gasteiger partial charge in [-0.1, -0.05) is 17.7 Å². The third-order valence-corrected chi connectivity index (χ3v) is 5.91. The van der Waals surface area contributed by atoms with Crippen LogP contribution in [0, 0.1) is 0 Å². The second-order valence-corrected chi connectivity index (χ2v) is 8.79. The molecule has 9 nitrogen and oxygen atoms in total. The van der Waals surface area contributed by atoms with Crippen molar-refractivity contribution >= 4 is 39.2 Å². The second-order valence-electron chi connectivity index (χ2n) is 6.58. The Morgan fingerprint density at radius 2 is 1.87 bits per heavy atom. The number of esters is 1. The van der Waals surface area contributed by atoms with E-state index in [0.29, 0.717) is 30.4 Å². The van der Waals surface area contributed by atoms with E-state index in [9.17, 15) is 18.0 Å². The molecule has 0 aliphatic carbocycles. The molecule has 166 valence electrons. The van der Waals surface area contributed by atoms with Gasteiger partial charge in [-0.15, -0.1) is 0 Å². The lowest BCUT2D eigenvalue weighted by Crippen LogP contribution is -2.32. The van der Waals surface area contributed by atoms with Crippen molar-refractivity contribution in [3.05, 3.63) is 47.5 Å². The molecule has 11 heteroatoms. The quantitative estimate of drug-likeness (QED) is 0.570. The van der Waals surface area contributed by atoms with Crippen molar-refractivity contribution < 1.29 is 32.2 Å². The summed E-state index contributed by atoms with van der Waals surface area (Å²) in [5, 5.41) is 2.91. The van der Waals surface area contributed by atoms with Crippen molar-refractivity contribution in [1.29, 1.82) is 0 Å². The molecule has 1 aliphatic heterocycles. The van der Waals surface area contributed by atoms with E-state index in [1.807, 2.05) is 0 Å². The zero-order chi connectivity index (χ0) is 22.4. The van der Waals surface area contributed by atoms with Crippen LogP contribution in [0.15, 0.2) is 47.4 Å². The highest BCUT2D eigenvalue weighted by atomic mass is 35.5. The molecule has 1 amide bonds. The van der Waals surface area contributed by atoms with E-state index in [-0.39, 0.29) is 22.9 Å². The Morgan fingerprint density at radius 1 is 1.13 bits per heavy atom. The highest BCUT2D eigenvalue weighted by molar-refractivity contribution is 7.89. The SMILES string of the molecule is CC(OC(=O)CCNS(=O)(=O)c1cccc(Cl)c1)C(=O)Nc1ccc2c(c1)OCCO2. The molecular formula is C20H21ClN2O7S. The molecule has 1 aliphatic rings. The molecule has 2 aromatic carbocycles. The first-order valence-electron chi connectivity index (χ1n) is 9.40. The van der Waals surface area contributed by atoms with E-state index < -0.39 is 28.0 Å². The van der Waals surface area contributed by atoms with Gasteiger partial charge in [0.25, 0.3) is 5.91 Å². The largest absolute Gasteiger partial charge is 0.486 e. The maximum Gasteiger partial charge on any atom is 0.307 e. The van der Waals surface area contributed by atoms with E-state index >= 15 is 0 Å². The molecule has 0 radical (unpaired) electrons. The molecule has 0 spiro atoms. The maximum absolute atomic E-state index is 12.3. The topological polar surface area (TPSA) is 120 Å². The van der Waals surface area contributed by atoms with Crippen LogP contribution in [0.5, 0.6) is 11.5 Å². The van der Waals surface area contributed by atoms with E-state index in [4.69, 9.17) is 25.8 Å². The number of anilines is 1. The fourth-order valence-corrected chi connectivity index (χ4v) is 4.01. The summed E-state index contributed by atoms with van der Waals surface area (Å²) in [6.07, 6.45) is -1.33. The molecule has 0 saturated heterocycles. The number of rotatable bonds is 8. The Morgan fingerprint density at radius 3 is 2.61 bits per heavy atom. The molecule has 0 bridgehead atoms. The van der Waals surface area contributed by atoms with Gasteiger partial charge in [0.15, 0.2) is 17.6 Å². The maximum atomic E-state index is 12.3. The Bertz CT molecular complexity index is 1070. The Balaban J connectivity index is 1.46. The van der Waals surface area contributed by atoms with E-state index in [2.05, 4.69) is 10.0 Å². The van der Waals surface area contributed by atoms with E-state index in [0.717, 1.165) is 0 Å². The fraction of sp³-hybridized carbons (Fsp3) is 0.300. The lowest BCUT2D eigenvalue weighted by molar-refractivity contribution is -0.152. The van der Waals surface area contributed by atoms with Gasteiger partial charge >= 0.3 is 5.97 Å².